The molecule has 18 heavy (non-hydrogen) atoms. The molecule has 0 aromatic rings. The number of hydrogen-bond donors (Lipinski definition) is 1. The molecule has 2 aliphatic rings. The van der Waals surface area contributed by atoms with Gasteiger partial charge in [0.15, 0.2) is 0 Å². The first-order chi connectivity index (χ1) is 8.74. The third-order valence-corrected chi connectivity index (χ3v) is 4.28. The van der Waals surface area contributed by atoms with E-state index in [1.807, 2.05) is 0 Å². The van der Waals surface area contributed by atoms with Crippen LogP contribution in [0.5, 0.6) is 0 Å². The Bertz CT molecular complexity index is 218. The summed E-state index contributed by atoms with van der Waals surface area (Å²) in [5.41, 5.74) is 0. The minimum Gasteiger partial charge on any atom is -0.314 e. The molecule has 1 unspecified atom stereocenters. The maximum Gasteiger partial charge on any atom is 0.0110 e. The Morgan fingerprint density at radius 1 is 1.06 bits per heavy atom. The smallest absolute Gasteiger partial charge is 0.0110 e. The van der Waals surface area contributed by atoms with E-state index in [4.69, 9.17) is 0 Å². The van der Waals surface area contributed by atoms with Crippen LogP contribution in [0.25, 0.3) is 0 Å². The van der Waals surface area contributed by atoms with Crippen LogP contribution in [0.1, 0.15) is 19.3 Å². The van der Waals surface area contributed by atoms with Crippen LogP contribution in [0.4, 0.5) is 0 Å². The number of nitrogens with one attached hydrogen (secondary N) is 1. The minimum absolute atomic E-state index is 0.803. The monoisotopic (exact) mass is 254 g/mol. The largest absolute Gasteiger partial charge is 0.314 e. The van der Waals surface area contributed by atoms with Crippen molar-refractivity contribution in [3.63, 3.8) is 0 Å². The van der Waals surface area contributed by atoms with Gasteiger partial charge in [0.05, 0.1) is 0 Å². The van der Waals surface area contributed by atoms with Crippen molar-refractivity contribution in [2.45, 2.75) is 25.3 Å². The molecule has 0 aromatic heterocycles. The predicted octanol–water partition coefficient (Wildman–Crippen LogP) is 0.308. The van der Waals surface area contributed by atoms with E-state index in [0.717, 1.165) is 6.04 Å². The van der Waals surface area contributed by atoms with Gasteiger partial charge in [-0.1, -0.05) is 0 Å². The van der Waals surface area contributed by atoms with Gasteiger partial charge in [0.25, 0.3) is 0 Å². The molecule has 2 aliphatic heterocycles. The van der Waals surface area contributed by atoms with Gasteiger partial charge in [-0.25, -0.2) is 0 Å². The van der Waals surface area contributed by atoms with Crippen LogP contribution in [-0.4, -0.2) is 87.2 Å². The normalized spacial score (nSPS) is 27.2. The molecule has 0 amide bonds. The Labute approximate surface area is 112 Å². The van der Waals surface area contributed by atoms with Crippen molar-refractivity contribution in [2.75, 3.05) is 66.5 Å². The van der Waals surface area contributed by atoms with Crippen molar-refractivity contribution in [1.82, 2.24) is 20.0 Å². The average Bonchev–Trinajstić information content (AvgIpc) is 2.88. The van der Waals surface area contributed by atoms with E-state index in [1.165, 1.54) is 71.6 Å². The number of piperazine rings is 1. The third-order valence-electron chi connectivity index (χ3n) is 4.28. The quantitative estimate of drug-likeness (QED) is 0.736. The number of hydrogen-bond acceptors (Lipinski definition) is 4. The zero-order valence-corrected chi connectivity index (χ0v) is 12.2. The Morgan fingerprint density at radius 3 is 2.28 bits per heavy atom. The molecule has 0 aromatic carbocycles. The second kappa shape index (κ2) is 7.43. The molecule has 106 valence electrons. The lowest BCUT2D eigenvalue weighted by molar-refractivity contribution is 0.122. The van der Waals surface area contributed by atoms with E-state index < -0.39 is 0 Å². The second-order valence-corrected chi connectivity index (χ2v) is 6.07. The van der Waals surface area contributed by atoms with E-state index >= 15 is 0 Å². The van der Waals surface area contributed by atoms with Crippen molar-refractivity contribution >= 4 is 0 Å². The van der Waals surface area contributed by atoms with Crippen LogP contribution in [0.3, 0.4) is 0 Å². The summed E-state index contributed by atoms with van der Waals surface area (Å²) in [7, 11) is 4.32. The standard InChI is InChI=1S/C14H30N4/c1-16(2)8-9-18-12-10-17(11-13-18)7-5-14-4-3-6-15-14/h14-15H,3-13H2,1-2H3. The Hall–Kier alpha value is -0.160. The van der Waals surface area contributed by atoms with Crippen LogP contribution in [0.15, 0.2) is 0 Å². The van der Waals surface area contributed by atoms with Crippen molar-refractivity contribution in [3.8, 4) is 0 Å². The number of likely N-dealkylation sites (N-methyl/N-ethyl adjacent to an activating group) is 1. The van der Waals surface area contributed by atoms with Gasteiger partial charge < -0.3 is 15.1 Å². The van der Waals surface area contributed by atoms with Gasteiger partial charge in [-0.05, 0) is 46.4 Å². The van der Waals surface area contributed by atoms with Crippen LogP contribution >= 0.6 is 0 Å². The summed E-state index contributed by atoms with van der Waals surface area (Å²) in [6.45, 7) is 9.98. The molecule has 0 spiro atoms. The highest BCUT2D eigenvalue weighted by Crippen LogP contribution is 2.10. The van der Waals surface area contributed by atoms with E-state index in [1.54, 1.807) is 0 Å². The maximum atomic E-state index is 3.60. The van der Waals surface area contributed by atoms with E-state index in [2.05, 4.69) is 34.1 Å². The molecule has 0 saturated carbocycles. The topological polar surface area (TPSA) is 21.8 Å². The van der Waals surface area contributed by atoms with Gasteiger partial charge in [-0.2, -0.15) is 0 Å². The first-order valence-corrected chi connectivity index (χ1v) is 7.57. The van der Waals surface area contributed by atoms with Crippen LogP contribution in [0.2, 0.25) is 0 Å². The molecular formula is C14H30N4. The fourth-order valence-corrected chi connectivity index (χ4v) is 2.92. The van der Waals surface area contributed by atoms with Crippen molar-refractivity contribution < 1.29 is 0 Å². The lowest BCUT2D eigenvalue weighted by Gasteiger charge is -2.35. The lowest BCUT2D eigenvalue weighted by Crippen LogP contribution is -2.48. The molecule has 0 aliphatic carbocycles. The molecule has 2 heterocycles. The first kappa shape index (κ1) is 14.3. The Morgan fingerprint density at radius 2 is 1.72 bits per heavy atom. The van der Waals surface area contributed by atoms with Gasteiger partial charge in [0.2, 0.25) is 0 Å². The van der Waals surface area contributed by atoms with Crippen LogP contribution in [-0.2, 0) is 0 Å². The van der Waals surface area contributed by atoms with E-state index in [9.17, 15) is 0 Å². The average molecular weight is 254 g/mol. The summed E-state index contributed by atoms with van der Waals surface area (Å²) >= 11 is 0. The molecule has 4 nitrogen and oxygen atoms in total. The van der Waals surface area contributed by atoms with E-state index in [0.29, 0.717) is 0 Å². The van der Waals surface area contributed by atoms with Crippen molar-refractivity contribution in [1.29, 1.82) is 0 Å². The lowest BCUT2D eigenvalue weighted by atomic mass is 10.1. The maximum absolute atomic E-state index is 3.60. The van der Waals surface area contributed by atoms with Gasteiger partial charge in [-0.15, -0.1) is 0 Å². The number of nitrogens with zero attached hydrogens (tertiary/aromatic N) is 3. The molecule has 4 heteroatoms. The Kier molecular flexibility index (Phi) is 5.89. The van der Waals surface area contributed by atoms with Gasteiger partial charge in [-0.3, -0.25) is 4.90 Å². The highest BCUT2D eigenvalue weighted by molar-refractivity contribution is 4.78. The Balaban J connectivity index is 1.55. The molecular weight excluding hydrogens is 224 g/mol. The number of rotatable bonds is 6. The summed E-state index contributed by atoms with van der Waals surface area (Å²) in [5.74, 6) is 0. The summed E-state index contributed by atoms with van der Waals surface area (Å²) in [6, 6.07) is 0.803. The molecule has 0 radical (unpaired) electrons. The molecule has 2 saturated heterocycles. The molecule has 1 N–H and O–H groups in total. The summed E-state index contributed by atoms with van der Waals surface area (Å²) < 4.78 is 0. The second-order valence-electron chi connectivity index (χ2n) is 6.07. The zero-order valence-electron chi connectivity index (χ0n) is 12.2. The summed E-state index contributed by atoms with van der Waals surface area (Å²) in [6.07, 6.45) is 4.11. The molecule has 0 bridgehead atoms. The third kappa shape index (κ3) is 4.84. The summed E-state index contributed by atoms with van der Waals surface area (Å²) in [5, 5.41) is 3.60. The van der Waals surface area contributed by atoms with Gasteiger partial charge >= 0.3 is 0 Å². The fraction of sp³-hybridized carbons (Fsp3) is 1.00. The SMILES string of the molecule is CN(C)CCN1CCN(CCC2CCCN2)CC1. The van der Waals surface area contributed by atoms with E-state index in [-0.39, 0.29) is 0 Å². The molecule has 2 rings (SSSR count). The van der Waals surface area contributed by atoms with Crippen molar-refractivity contribution in [3.05, 3.63) is 0 Å². The van der Waals surface area contributed by atoms with Crippen molar-refractivity contribution in [2.24, 2.45) is 0 Å². The first-order valence-electron chi connectivity index (χ1n) is 7.57. The predicted molar refractivity (Wildman–Crippen MR) is 77.1 cm³/mol. The van der Waals surface area contributed by atoms with Gasteiger partial charge in [0.1, 0.15) is 0 Å². The van der Waals surface area contributed by atoms with Crippen LogP contribution in [0, 0.1) is 0 Å². The molecule has 2 fully saturated rings. The van der Waals surface area contributed by atoms with Crippen LogP contribution < -0.4 is 5.32 Å². The highest BCUT2D eigenvalue weighted by atomic mass is 15.3. The molecule has 1 atom stereocenters. The minimum atomic E-state index is 0.803. The fourth-order valence-electron chi connectivity index (χ4n) is 2.92. The van der Waals surface area contributed by atoms with Gasteiger partial charge in [0, 0.05) is 45.3 Å². The zero-order chi connectivity index (χ0) is 12.8. The highest BCUT2D eigenvalue weighted by Gasteiger charge is 2.19. The summed E-state index contributed by atoms with van der Waals surface area (Å²) in [4.78, 5) is 7.52.